The van der Waals surface area contributed by atoms with Gasteiger partial charge in [0.05, 0.1) is 6.42 Å². The molecule has 0 saturated heterocycles. The van der Waals surface area contributed by atoms with Gasteiger partial charge in [0.15, 0.2) is 6.73 Å². The lowest BCUT2D eigenvalue weighted by molar-refractivity contribution is -0.145. The number of anilines is 1. The van der Waals surface area contributed by atoms with Gasteiger partial charge in [-0.2, -0.15) is 0 Å². The Kier molecular flexibility index (Phi) is 5.96. The van der Waals surface area contributed by atoms with Gasteiger partial charge in [-0.25, -0.2) is 4.79 Å². The van der Waals surface area contributed by atoms with E-state index >= 15 is 0 Å². The number of carbonyl (C=O) groups is 1. The lowest BCUT2D eigenvalue weighted by Crippen LogP contribution is -2.32. The number of rotatable bonds is 6. The maximum Gasteiger partial charge on any atom is 0.328 e. The van der Waals surface area contributed by atoms with Crippen molar-refractivity contribution in [1.29, 1.82) is 0 Å². The fourth-order valence-electron chi connectivity index (χ4n) is 5.77. The van der Waals surface area contributed by atoms with Gasteiger partial charge in [-0.15, -0.1) is 0 Å². The Labute approximate surface area is 234 Å². The van der Waals surface area contributed by atoms with E-state index in [4.69, 9.17) is 9.47 Å². The van der Waals surface area contributed by atoms with E-state index in [1.807, 2.05) is 18.2 Å². The molecule has 1 aliphatic heterocycles. The molecule has 0 saturated carbocycles. The smallest absolute Gasteiger partial charge is 0.328 e. The average Bonchev–Trinajstić information content (AvgIpc) is 2.99. The van der Waals surface area contributed by atoms with Crippen molar-refractivity contribution in [1.82, 2.24) is 9.55 Å². The molecule has 0 aliphatic carbocycles. The maximum atomic E-state index is 12.4. The van der Waals surface area contributed by atoms with E-state index in [0.29, 0.717) is 18.8 Å². The fourth-order valence-corrected chi connectivity index (χ4v) is 5.77. The molecule has 8 nitrogen and oxygen atoms in total. The molecule has 8 heteroatoms. The van der Waals surface area contributed by atoms with Crippen molar-refractivity contribution in [2.24, 2.45) is 0 Å². The fraction of sp³-hybridized carbons (Fsp3) is 0.182. The van der Waals surface area contributed by atoms with Crippen molar-refractivity contribution in [3.8, 4) is 5.75 Å². The van der Waals surface area contributed by atoms with Gasteiger partial charge in [-0.1, -0.05) is 54.6 Å². The first kappa shape index (κ1) is 24.9. The van der Waals surface area contributed by atoms with Crippen LogP contribution in [0.5, 0.6) is 5.75 Å². The van der Waals surface area contributed by atoms with Gasteiger partial charge in [0.2, 0.25) is 0 Å². The quantitative estimate of drug-likeness (QED) is 0.228. The lowest BCUT2D eigenvalue weighted by Gasteiger charge is -2.32. The van der Waals surface area contributed by atoms with Gasteiger partial charge >= 0.3 is 11.7 Å². The summed E-state index contributed by atoms with van der Waals surface area (Å²) in [7, 11) is 0. The molecule has 0 atom stereocenters. The van der Waals surface area contributed by atoms with E-state index in [9.17, 15) is 14.4 Å². The first-order valence-electron chi connectivity index (χ1n) is 13.6. The van der Waals surface area contributed by atoms with E-state index < -0.39 is 17.2 Å². The van der Waals surface area contributed by atoms with Crippen molar-refractivity contribution < 1.29 is 14.3 Å². The summed E-state index contributed by atoms with van der Waals surface area (Å²) in [5.41, 5.74) is 2.43. The third kappa shape index (κ3) is 4.47. The van der Waals surface area contributed by atoms with Crippen molar-refractivity contribution in [2.75, 3.05) is 11.6 Å². The first-order chi connectivity index (χ1) is 19.9. The Bertz CT molecular complexity index is 2060. The Morgan fingerprint density at radius 1 is 0.951 bits per heavy atom. The van der Waals surface area contributed by atoms with Crippen LogP contribution in [0.1, 0.15) is 23.1 Å². The Morgan fingerprint density at radius 2 is 1.71 bits per heavy atom. The van der Waals surface area contributed by atoms with E-state index in [1.165, 1.54) is 43.1 Å². The third-order valence-electron chi connectivity index (χ3n) is 7.85. The Hall–Kier alpha value is -5.11. The minimum absolute atomic E-state index is 0.0157. The van der Waals surface area contributed by atoms with Crippen LogP contribution in [0.2, 0.25) is 0 Å². The highest BCUT2D eigenvalue weighted by Gasteiger charge is 2.21. The third-order valence-corrected chi connectivity index (χ3v) is 7.85. The highest BCUT2D eigenvalue weighted by atomic mass is 16.5. The zero-order valence-electron chi connectivity index (χ0n) is 22.5. The summed E-state index contributed by atoms with van der Waals surface area (Å²) < 4.78 is 12.9. The molecule has 0 fully saturated rings. The summed E-state index contributed by atoms with van der Waals surface area (Å²) in [6, 6.07) is 25.3. The highest BCUT2D eigenvalue weighted by molar-refractivity contribution is 6.25. The summed E-state index contributed by atoms with van der Waals surface area (Å²) in [4.78, 5) is 40.4. The highest BCUT2D eigenvalue weighted by Crippen LogP contribution is 2.40. The summed E-state index contributed by atoms with van der Waals surface area (Å²) in [5.74, 6) is 0.395. The number of aromatic nitrogens is 2. The normalized spacial score (nSPS) is 13.0. The second-order valence-electron chi connectivity index (χ2n) is 10.5. The van der Waals surface area contributed by atoms with E-state index in [1.54, 1.807) is 6.92 Å². The van der Waals surface area contributed by atoms with Gasteiger partial charge in [0.25, 0.3) is 5.56 Å². The summed E-state index contributed by atoms with van der Waals surface area (Å²) in [6.45, 7) is 2.95. The summed E-state index contributed by atoms with van der Waals surface area (Å²) >= 11 is 0. The monoisotopic (exact) mass is 545 g/mol. The molecule has 0 spiro atoms. The predicted molar refractivity (Wildman–Crippen MR) is 159 cm³/mol. The number of fused-ring (bicyclic) bond motifs is 1. The van der Waals surface area contributed by atoms with Crippen LogP contribution in [0.15, 0.2) is 88.6 Å². The number of hydrogen-bond donors (Lipinski definition) is 1. The molecule has 0 bridgehead atoms. The molecular weight excluding hydrogens is 518 g/mol. The maximum absolute atomic E-state index is 12.4. The van der Waals surface area contributed by atoms with E-state index in [2.05, 4.69) is 64.5 Å². The number of hydrogen-bond acceptors (Lipinski definition) is 6. The van der Waals surface area contributed by atoms with Gasteiger partial charge in [0, 0.05) is 41.5 Å². The number of carbonyl (C=O) groups excluding carboxylic acids is 1. The van der Waals surface area contributed by atoms with Crippen LogP contribution in [0, 0.1) is 6.92 Å². The van der Waals surface area contributed by atoms with E-state index in [0.717, 1.165) is 22.6 Å². The molecule has 0 unspecified atom stereocenters. The number of benzene rings is 5. The number of esters is 1. The van der Waals surface area contributed by atoms with Crippen molar-refractivity contribution in [3.05, 3.63) is 117 Å². The van der Waals surface area contributed by atoms with Crippen LogP contribution in [-0.4, -0.2) is 22.3 Å². The molecule has 5 aromatic carbocycles. The molecule has 0 radical (unpaired) electrons. The minimum Gasteiger partial charge on any atom is -0.473 e. The topological polar surface area (TPSA) is 93.6 Å². The van der Waals surface area contributed by atoms with Gasteiger partial charge < -0.3 is 14.4 Å². The standard InChI is InChI=1S/C33H27N3O5/c1-20-16-35(33(39)34-32(20)38)14-13-29(37)40-18-21-5-12-28-25(15-21)17-36(19-41-28)27-11-9-24-7-6-22-3-2-4-23-8-10-26(27)31(24)30(22)23/h2-12,15-16H,13-14,17-19H2,1H3,(H,34,38,39). The lowest BCUT2D eigenvalue weighted by atomic mass is 9.93. The molecular formula is C33H27N3O5. The molecule has 1 N–H and O–H groups in total. The Balaban J connectivity index is 1.08. The number of ether oxygens (including phenoxy) is 2. The minimum atomic E-state index is -0.544. The number of nitrogens with zero attached hydrogens (tertiary/aromatic N) is 2. The second kappa shape index (κ2) is 9.82. The van der Waals surface area contributed by atoms with E-state index in [-0.39, 0.29) is 19.6 Å². The molecule has 6 aromatic rings. The molecule has 41 heavy (non-hydrogen) atoms. The number of aromatic amines is 1. The molecule has 7 rings (SSSR count). The summed E-state index contributed by atoms with van der Waals surface area (Å²) in [5, 5.41) is 7.43. The van der Waals surface area contributed by atoms with Crippen LogP contribution in [0.3, 0.4) is 0 Å². The van der Waals surface area contributed by atoms with Crippen LogP contribution in [-0.2, 0) is 29.2 Å². The molecule has 2 heterocycles. The number of aryl methyl sites for hydroxylation is 2. The van der Waals surface area contributed by atoms with Crippen molar-refractivity contribution >= 4 is 44.0 Å². The van der Waals surface area contributed by atoms with Gasteiger partial charge in [-0.05, 0) is 57.6 Å². The van der Waals surface area contributed by atoms with Crippen LogP contribution in [0.25, 0.3) is 32.3 Å². The molecule has 1 aliphatic rings. The number of H-pyrrole nitrogens is 1. The van der Waals surface area contributed by atoms with Crippen LogP contribution >= 0.6 is 0 Å². The molecule has 1 aromatic heterocycles. The Morgan fingerprint density at radius 3 is 2.54 bits per heavy atom. The van der Waals surface area contributed by atoms with Crippen molar-refractivity contribution in [3.63, 3.8) is 0 Å². The van der Waals surface area contributed by atoms with Gasteiger partial charge in [-0.3, -0.25) is 19.1 Å². The zero-order valence-corrected chi connectivity index (χ0v) is 22.5. The van der Waals surface area contributed by atoms with Crippen LogP contribution in [0.4, 0.5) is 5.69 Å². The van der Waals surface area contributed by atoms with Gasteiger partial charge in [0.1, 0.15) is 12.4 Å². The zero-order chi connectivity index (χ0) is 28.1. The predicted octanol–water partition coefficient (Wildman–Crippen LogP) is 5.23. The average molecular weight is 546 g/mol. The first-order valence-corrected chi connectivity index (χ1v) is 13.6. The molecule has 204 valence electrons. The summed E-state index contributed by atoms with van der Waals surface area (Å²) in [6.07, 6.45) is 1.46. The molecule has 0 amide bonds. The van der Waals surface area contributed by atoms with Crippen molar-refractivity contribution in [2.45, 2.75) is 33.0 Å². The van der Waals surface area contributed by atoms with Crippen LogP contribution < -0.4 is 20.9 Å². The second-order valence-corrected chi connectivity index (χ2v) is 10.5. The number of nitrogens with one attached hydrogen (secondary N) is 1. The SMILES string of the molecule is Cc1cn(CCC(=O)OCc2ccc3c(c2)CN(c2ccc4ccc5cccc6ccc2c4c56)CO3)c(=O)[nH]c1=O. The largest absolute Gasteiger partial charge is 0.473 e.